The quantitative estimate of drug-likeness (QED) is 0.736. The summed E-state index contributed by atoms with van der Waals surface area (Å²) in [5.74, 6) is 0.0126. The van der Waals surface area contributed by atoms with Crippen molar-refractivity contribution in [2.45, 2.75) is 13.0 Å². The van der Waals surface area contributed by atoms with Gasteiger partial charge in [0, 0.05) is 18.8 Å². The van der Waals surface area contributed by atoms with E-state index in [9.17, 15) is 4.79 Å². The minimum Gasteiger partial charge on any atom is -0.392 e. The van der Waals surface area contributed by atoms with Crippen LogP contribution in [0, 0.1) is 0 Å². The van der Waals surface area contributed by atoms with Crippen LogP contribution in [-0.4, -0.2) is 48.6 Å². The predicted molar refractivity (Wildman–Crippen MR) is 74.9 cm³/mol. The van der Waals surface area contributed by atoms with Gasteiger partial charge < -0.3 is 15.7 Å². The smallest absolute Gasteiger partial charge is 0.238 e. The standard InChI is InChI=1S/C14H21N3O2/c18-11-12-2-4-13(5-3-12)16-14(19)10-17-8-1-6-15-7-9-17/h2-5,15,18H,1,6-11H2,(H,16,19). The average molecular weight is 263 g/mol. The molecule has 0 radical (unpaired) electrons. The van der Waals surface area contributed by atoms with Crippen molar-refractivity contribution in [1.29, 1.82) is 0 Å². The van der Waals surface area contributed by atoms with Crippen molar-refractivity contribution in [3.63, 3.8) is 0 Å². The number of carbonyl (C=O) groups is 1. The molecule has 0 bridgehead atoms. The van der Waals surface area contributed by atoms with E-state index in [0.29, 0.717) is 6.54 Å². The fourth-order valence-corrected chi connectivity index (χ4v) is 2.16. The molecule has 1 aliphatic heterocycles. The number of aliphatic hydroxyl groups excluding tert-OH is 1. The third-order valence-corrected chi connectivity index (χ3v) is 3.22. The lowest BCUT2D eigenvalue weighted by atomic mass is 10.2. The highest BCUT2D eigenvalue weighted by Crippen LogP contribution is 2.09. The maximum absolute atomic E-state index is 11.9. The zero-order valence-corrected chi connectivity index (χ0v) is 11.1. The topological polar surface area (TPSA) is 64.6 Å². The van der Waals surface area contributed by atoms with E-state index in [-0.39, 0.29) is 12.5 Å². The van der Waals surface area contributed by atoms with Crippen LogP contribution in [0.15, 0.2) is 24.3 Å². The summed E-state index contributed by atoms with van der Waals surface area (Å²) in [5.41, 5.74) is 1.62. The van der Waals surface area contributed by atoms with Crippen LogP contribution in [-0.2, 0) is 11.4 Å². The molecule has 1 aliphatic rings. The second-order valence-electron chi connectivity index (χ2n) is 4.78. The molecule has 1 saturated heterocycles. The van der Waals surface area contributed by atoms with E-state index in [2.05, 4.69) is 15.5 Å². The van der Waals surface area contributed by atoms with Gasteiger partial charge in [-0.25, -0.2) is 0 Å². The molecule has 5 heteroatoms. The zero-order chi connectivity index (χ0) is 13.5. The van der Waals surface area contributed by atoms with Gasteiger partial charge in [0.05, 0.1) is 13.2 Å². The summed E-state index contributed by atoms with van der Waals surface area (Å²) in [6.07, 6.45) is 1.08. The molecule has 1 heterocycles. The van der Waals surface area contributed by atoms with E-state index in [1.165, 1.54) is 0 Å². The lowest BCUT2D eigenvalue weighted by Gasteiger charge is -2.18. The van der Waals surface area contributed by atoms with Crippen molar-refractivity contribution < 1.29 is 9.90 Å². The third-order valence-electron chi connectivity index (χ3n) is 3.22. The van der Waals surface area contributed by atoms with Crippen LogP contribution in [0.3, 0.4) is 0 Å². The second kappa shape index (κ2) is 7.23. The van der Waals surface area contributed by atoms with Gasteiger partial charge in [0.2, 0.25) is 5.91 Å². The molecular weight excluding hydrogens is 242 g/mol. The minimum absolute atomic E-state index is 0.0126. The molecule has 19 heavy (non-hydrogen) atoms. The van der Waals surface area contributed by atoms with Crippen LogP contribution in [0.1, 0.15) is 12.0 Å². The number of hydrogen-bond donors (Lipinski definition) is 3. The molecule has 2 rings (SSSR count). The first kappa shape index (κ1) is 14.0. The largest absolute Gasteiger partial charge is 0.392 e. The zero-order valence-electron chi connectivity index (χ0n) is 11.1. The minimum atomic E-state index is 0.0126. The van der Waals surface area contributed by atoms with E-state index in [1.54, 1.807) is 0 Å². The fourth-order valence-electron chi connectivity index (χ4n) is 2.16. The van der Waals surface area contributed by atoms with Crippen molar-refractivity contribution in [3.8, 4) is 0 Å². The van der Waals surface area contributed by atoms with Crippen molar-refractivity contribution >= 4 is 11.6 Å². The highest BCUT2D eigenvalue weighted by atomic mass is 16.3. The Morgan fingerprint density at radius 2 is 2.05 bits per heavy atom. The molecule has 0 unspecified atom stereocenters. The Morgan fingerprint density at radius 3 is 2.79 bits per heavy atom. The van der Waals surface area contributed by atoms with Crippen LogP contribution in [0.5, 0.6) is 0 Å². The number of anilines is 1. The van der Waals surface area contributed by atoms with Gasteiger partial charge in [-0.1, -0.05) is 12.1 Å². The first-order valence-electron chi connectivity index (χ1n) is 6.70. The third kappa shape index (κ3) is 4.63. The summed E-state index contributed by atoms with van der Waals surface area (Å²) < 4.78 is 0. The monoisotopic (exact) mass is 263 g/mol. The summed E-state index contributed by atoms with van der Waals surface area (Å²) in [4.78, 5) is 14.1. The van der Waals surface area contributed by atoms with Crippen LogP contribution in [0.2, 0.25) is 0 Å². The molecule has 1 fully saturated rings. The van der Waals surface area contributed by atoms with Crippen molar-refractivity contribution in [3.05, 3.63) is 29.8 Å². The molecule has 1 aromatic rings. The van der Waals surface area contributed by atoms with Gasteiger partial charge in [-0.3, -0.25) is 9.69 Å². The molecular formula is C14H21N3O2. The molecule has 5 nitrogen and oxygen atoms in total. The molecule has 3 N–H and O–H groups in total. The Hall–Kier alpha value is -1.43. The Labute approximate surface area is 113 Å². The van der Waals surface area contributed by atoms with Crippen LogP contribution >= 0.6 is 0 Å². The normalized spacial score (nSPS) is 16.9. The molecule has 1 amide bonds. The summed E-state index contributed by atoms with van der Waals surface area (Å²) in [7, 11) is 0. The number of carbonyl (C=O) groups excluding carboxylic acids is 1. The van der Waals surface area contributed by atoms with E-state index >= 15 is 0 Å². The average Bonchev–Trinajstić information content (AvgIpc) is 2.68. The lowest BCUT2D eigenvalue weighted by molar-refractivity contribution is -0.117. The van der Waals surface area contributed by atoms with Crippen LogP contribution in [0.25, 0.3) is 0 Å². The molecule has 104 valence electrons. The predicted octanol–water partition coefficient (Wildman–Crippen LogP) is 0.413. The van der Waals surface area contributed by atoms with Gasteiger partial charge in [-0.15, -0.1) is 0 Å². The van der Waals surface area contributed by atoms with Crippen molar-refractivity contribution in [1.82, 2.24) is 10.2 Å². The van der Waals surface area contributed by atoms with Crippen LogP contribution in [0.4, 0.5) is 5.69 Å². The number of nitrogens with one attached hydrogen (secondary N) is 2. The Morgan fingerprint density at radius 1 is 1.26 bits per heavy atom. The first-order chi connectivity index (χ1) is 9.28. The molecule has 1 aromatic carbocycles. The number of nitrogens with zero attached hydrogens (tertiary/aromatic N) is 1. The van der Waals surface area contributed by atoms with Gasteiger partial charge in [0.1, 0.15) is 0 Å². The summed E-state index contributed by atoms with van der Waals surface area (Å²) >= 11 is 0. The van der Waals surface area contributed by atoms with Gasteiger partial charge in [0.25, 0.3) is 0 Å². The van der Waals surface area contributed by atoms with Gasteiger partial charge in [-0.05, 0) is 37.2 Å². The Kier molecular flexibility index (Phi) is 5.32. The maximum Gasteiger partial charge on any atom is 0.238 e. The molecule has 0 spiro atoms. The van der Waals surface area contributed by atoms with Gasteiger partial charge in [0.15, 0.2) is 0 Å². The lowest BCUT2D eigenvalue weighted by Crippen LogP contribution is -2.35. The van der Waals surface area contributed by atoms with Crippen LogP contribution < -0.4 is 10.6 Å². The van der Waals surface area contributed by atoms with Gasteiger partial charge >= 0.3 is 0 Å². The first-order valence-corrected chi connectivity index (χ1v) is 6.70. The Balaban J connectivity index is 1.82. The maximum atomic E-state index is 11.9. The molecule has 0 atom stereocenters. The molecule has 0 saturated carbocycles. The molecule has 0 aliphatic carbocycles. The fraction of sp³-hybridized carbons (Fsp3) is 0.500. The highest BCUT2D eigenvalue weighted by Gasteiger charge is 2.12. The summed E-state index contributed by atoms with van der Waals surface area (Å²) in [6, 6.07) is 7.25. The van der Waals surface area contributed by atoms with E-state index in [4.69, 9.17) is 5.11 Å². The van der Waals surface area contributed by atoms with Crippen molar-refractivity contribution in [2.75, 3.05) is 38.0 Å². The van der Waals surface area contributed by atoms with E-state index < -0.39 is 0 Å². The number of aliphatic hydroxyl groups is 1. The second-order valence-corrected chi connectivity index (χ2v) is 4.78. The number of benzene rings is 1. The highest BCUT2D eigenvalue weighted by molar-refractivity contribution is 5.92. The number of rotatable bonds is 4. The van der Waals surface area contributed by atoms with Crippen molar-refractivity contribution in [2.24, 2.45) is 0 Å². The molecule has 0 aromatic heterocycles. The Bertz CT molecular complexity index is 398. The summed E-state index contributed by atoms with van der Waals surface area (Å²) in [6.45, 7) is 4.30. The SMILES string of the molecule is O=C(CN1CCCNCC1)Nc1ccc(CO)cc1. The summed E-state index contributed by atoms with van der Waals surface area (Å²) in [5, 5.41) is 15.1. The van der Waals surface area contributed by atoms with E-state index in [1.807, 2.05) is 24.3 Å². The number of amides is 1. The van der Waals surface area contributed by atoms with E-state index in [0.717, 1.165) is 43.9 Å². The van der Waals surface area contributed by atoms with Gasteiger partial charge in [-0.2, -0.15) is 0 Å². The number of hydrogen-bond acceptors (Lipinski definition) is 4.